The number of carboxylic acid groups (broad SMARTS) is 1. The molecule has 16 nitrogen and oxygen atoms in total. The zero-order chi connectivity index (χ0) is 29.4. The van der Waals surface area contributed by atoms with Gasteiger partial charge in [-0.25, -0.2) is 9.48 Å². The standard InChI is InChI=1S/C24H34N10O6S/c1-11-19-18(12(2)28-17(36)9-33-10-27-30-31-33)23(38)34(19)20(24(39)40)21(11)41-14-5-15(26-7-14)22(37)32-4-3-13(8-32)29-16(35)6-25/h10-15,18-19,26H,3-9,25H2,1-2H3,(H,28,36)(H,29,35)(H,39,40)/t11-,12-,13+,14+,15+,18-,19-/m1/s1. The first-order chi connectivity index (χ1) is 19.6. The lowest BCUT2D eigenvalue weighted by molar-refractivity contribution is -0.158. The van der Waals surface area contributed by atoms with E-state index in [1.165, 1.54) is 27.7 Å². The minimum Gasteiger partial charge on any atom is -0.477 e. The first-order valence-corrected chi connectivity index (χ1v) is 14.5. The third-order valence-corrected chi connectivity index (χ3v) is 9.66. The van der Waals surface area contributed by atoms with Crippen LogP contribution < -0.4 is 21.7 Å². The van der Waals surface area contributed by atoms with Gasteiger partial charge in [0.1, 0.15) is 18.6 Å². The Morgan fingerprint density at radius 3 is 2.76 bits per heavy atom. The highest BCUT2D eigenvalue weighted by molar-refractivity contribution is 8.03. The maximum Gasteiger partial charge on any atom is 0.353 e. The molecule has 3 saturated heterocycles. The average molecular weight is 591 g/mol. The molecular weight excluding hydrogens is 556 g/mol. The molecule has 0 aliphatic carbocycles. The average Bonchev–Trinajstić information content (AvgIpc) is 3.72. The van der Waals surface area contributed by atoms with Gasteiger partial charge < -0.3 is 36.6 Å². The van der Waals surface area contributed by atoms with Crippen LogP contribution in [0.2, 0.25) is 0 Å². The highest BCUT2D eigenvalue weighted by atomic mass is 32.2. The lowest BCUT2D eigenvalue weighted by atomic mass is 9.78. The number of nitrogens with one attached hydrogen (secondary N) is 3. The molecule has 4 aliphatic rings. The molecular formula is C24H34N10O6S. The molecule has 17 heteroatoms. The number of aliphatic carboxylic acids is 1. The van der Waals surface area contributed by atoms with Crippen LogP contribution in [0.1, 0.15) is 26.7 Å². The van der Waals surface area contributed by atoms with Gasteiger partial charge in [0, 0.05) is 47.8 Å². The van der Waals surface area contributed by atoms with Gasteiger partial charge in [-0.2, -0.15) is 0 Å². The number of thioether (sulfide) groups is 1. The van der Waals surface area contributed by atoms with Gasteiger partial charge in [0.05, 0.1) is 24.5 Å². The second kappa shape index (κ2) is 11.7. The third kappa shape index (κ3) is 5.65. The van der Waals surface area contributed by atoms with Crippen molar-refractivity contribution in [2.75, 3.05) is 26.2 Å². The molecule has 0 unspecified atom stereocenters. The molecule has 0 radical (unpaired) electrons. The molecule has 5 heterocycles. The van der Waals surface area contributed by atoms with Crippen molar-refractivity contribution in [3.8, 4) is 0 Å². The molecule has 0 aromatic carbocycles. The number of likely N-dealkylation sites (tertiary alicyclic amines) is 1. The van der Waals surface area contributed by atoms with Gasteiger partial charge in [0.25, 0.3) is 0 Å². The lowest BCUT2D eigenvalue weighted by Crippen LogP contribution is -2.66. The van der Waals surface area contributed by atoms with Crippen LogP contribution in [0, 0.1) is 11.8 Å². The van der Waals surface area contributed by atoms with Crippen LogP contribution in [0.4, 0.5) is 0 Å². The SMILES string of the molecule is C[C@@H](NC(=O)Cn1cnnn1)[C@H]1C(=O)N2C(C(=O)O)=C(S[C@@H]3CN[C@H](C(=O)N4CC[C@H](NC(=O)CN)C4)C3)[C@H](C)[C@H]12. The van der Waals surface area contributed by atoms with Crippen molar-refractivity contribution in [1.82, 2.24) is 46.0 Å². The molecule has 7 atom stereocenters. The van der Waals surface area contributed by atoms with E-state index in [-0.39, 0.29) is 59.6 Å². The molecule has 3 fully saturated rings. The van der Waals surface area contributed by atoms with E-state index in [9.17, 15) is 29.1 Å². The Bertz CT molecular complexity index is 1260. The van der Waals surface area contributed by atoms with E-state index in [1.54, 1.807) is 11.8 Å². The highest BCUT2D eigenvalue weighted by Gasteiger charge is 2.60. The van der Waals surface area contributed by atoms with Crippen molar-refractivity contribution in [1.29, 1.82) is 0 Å². The van der Waals surface area contributed by atoms with E-state index in [0.29, 0.717) is 37.4 Å². The molecule has 6 N–H and O–H groups in total. The molecule has 1 aromatic rings. The molecule has 4 aliphatic heterocycles. The maximum absolute atomic E-state index is 13.2. The predicted molar refractivity (Wildman–Crippen MR) is 143 cm³/mol. The van der Waals surface area contributed by atoms with Gasteiger partial charge in [0.2, 0.25) is 23.6 Å². The summed E-state index contributed by atoms with van der Waals surface area (Å²) < 4.78 is 1.27. The number of aromatic nitrogens is 4. The van der Waals surface area contributed by atoms with Gasteiger partial charge in [-0.1, -0.05) is 6.92 Å². The number of carbonyl (C=O) groups is 5. The number of hydrogen-bond donors (Lipinski definition) is 5. The van der Waals surface area contributed by atoms with Gasteiger partial charge in [-0.15, -0.1) is 16.9 Å². The van der Waals surface area contributed by atoms with E-state index < -0.39 is 30.0 Å². The Balaban J connectivity index is 1.19. The molecule has 5 rings (SSSR count). The molecule has 0 saturated carbocycles. The van der Waals surface area contributed by atoms with Crippen LogP contribution in [-0.2, 0) is 30.5 Å². The van der Waals surface area contributed by atoms with Crippen LogP contribution in [0.25, 0.3) is 0 Å². The van der Waals surface area contributed by atoms with E-state index in [0.717, 1.165) is 0 Å². The van der Waals surface area contributed by atoms with Crippen molar-refractivity contribution in [2.24, 2.45) is 17.6 Å². The fourth-order valence-corrected chi connectivity index (χ4v) is 7.71. The number of nitrogens with zero attached hydrogens (tertiary/aromatic N) is 6. The highest BCUT2D eigenvalue weighted by Crippen LogP contribution is 2.51. The second-order valence-corrected chi connectivity index (χ2v) is 12.2. The van der Waals surface area contributed by atoms with Crippen molar-refractivity contribution < 1.29 is 29.1 Å². The second-order valence-electron chi connectivity index (χ2n) is 10.9. The summed E-state index contributed by atoms with van der Waals surface area (Å²) in [5.74, 6) is -3.00. The van der Waals surface area contributed by atoms with Crippen molar-refractivity contribution in [2.45, 2.75) is 62.7 Å². The van der Waals surface area contributed by atoms with Crippen molar-refractivity contribution in [3.63, 3.8) is 0 Å². The molecule has 222 valence electrons. The van der Waals surface area contributed by atoms with E-state index >= 15 is 0 Å². The van der Waals surface area contributed by atoms with Crippen LogP contribution in [0.15, 0.2) is 16.9 Å². The Morgan fingerprint density at radius 1 is 1.29 bits per heavy atom. The minimum atomic E-state index is -1.18. The van der Waals surface area contributed by atoms with Crippen LogP contribution in [0.5, 0.6) is 0 Å². The van der Waals surface area contributed by atoms with Crippen LogP contribution in [0.3, 0.4) is 0 Å². The van der Waals surface area contributed by atoms with Crippen molar-refractivity contribution in [3.05, 3.63) is 16.9 Å². The first-order valence-electron chi connectivity index (χ1n) is 13.6. The normalized spacial score (nSPS) is 29.8. The number of amides is 4. The summed E-state index contributed by atoms with van der Waals surface area (Å²) >= 11 is 1.40. The third-order valence-electron chi connectivity index (χ3n) is 8.15. The maximum atomic E-state index is 13.2. The number of carbonyl (C=O) groups excluding carboxylic acids is 4. The number of β-lactam (4-membered cyclic amide) rings is 1. The van der Waals surface area contributed by atoms with Crippen molar-refractivity contribution >= 4 is 41.4 Å². The smallest absolute Gasteiger partial charge is 0.353 e. The summed E-state index contributed by atoms with van der Waals surface area (Å²) in [5.41, 5.74) is 5.35. The monoisotopic (exact) mass is 590 g/mol. The predicted octanol–water partition coefficient (Wildman–Crippen LogP) is -2.91. The number of carboxylic acids is 1. The minimum absolute atomic E-state index is 0.0197. The van der Waals surface area contributed by atoms with Gasteiger partial charge >= 0.3 is 5.97 Å². The molecule has 4 amide bonds. The zero-order valence-corrected chi connectivity index (χ0v) is 23.5. The summed E-state index contributed by atoms with van der Waals surface area (Å²) in [6, 6.07) is -1.45. The topological polar surface area (TPSA) is 218 Å². The molecule has 1 aromatic heterocycles. The quantitative estimate of drug-likeness (QED) is 0.173. The fraction of sp³-hybridized carbons (Fsp3) is 0.667. The Morgan fingerprint density at radius 2 is 2.07 bits per heavy atom. The largest absolute Gasteiger partial charge is 0.477 e. The van der Waals surface area contributed by atoms with Crippen LogP contribution in [-0.4, -0.2) is 120 Å². The Hall–Kier alpha value is -3.57. The number of nitrogens with two attached hydrogens (primary N) is 1. The summed E-state index contributed by atoms with van der Waals surface area (Å²) in [6.45, 7) is 4.91. The number of hydrogen-bond acceptors (Lipinski definition) is 11. The summed E-state index contributed by atoms with van der Waals surface area (Å²) in [6.07, 6.45) is 2.49. The van der Waals surface area contributed by atoms with Gasteiger partial charge in [0.15, 0.2) is 0 Å². The van der Waals surface area contributed by atoms with Gasteiger partial charge in [-0.05, 0) is 30.2 Å². The van der Waals surface area contributed by atoms with Crippen LogP contribution >= 0.6 is 11.8 Å². The summed E-state index contributed by atoms with van der Waals surface area (Å²) in [7, 11) is 0. The molecule has 41 heavy (non-hydrogen) atoms. The fourth-order valence-electron chi connectivity index (χ4n) is 6.23. The molecule has 0 spiro atoms. The Kier molecular flexibility index (Phi) is 8.28. The Labute approximate surface area is 239 Å². The van der Waals surface area contributed by atoms with E-state index in [2.05, 4.69) is 31.5 Å². The first kappa shape index (κ1) is 28.9. The number of fused-ring (bicyclic) bond motifs is 1. The summed E-state index contributed by atoms with van der Waals surface area (Å²) in [4.78, 5) is 66.3. The number of rotatable bonds is 10. The lowest BCUT2D eigenvalue weighted by Gasteiger charge is -2.47. The number of tetrazole rings is 1. The zero-order valence-electron chi connectivity index (χ0n) is 22.7. The van der Waals surface area contributed by atoms with Gasteiger partial charge in [-0.3, -0.25) is 19.2 Å². The van der Waals surface area contributed by atoms with E-state index in [4.69, 9.17) is 5.73 Å². The summed E-state index contributed by atoms with van der Waals surface area (Å²) in [5, 5.41) is 29.5. The molecule has 0 bridgehead atoms. The van der Waals surface area contributed by atoms with E-state index in [1.807, 2.05) is 6.92 Å².